The molecule has 4 nitrogen and oxygen atoms in total. The summed E-state index contributed by atoms with van der Waals surface area (Å²) in [6, 6.07) is 0. The second kappa shape index (κ2) is 4.94. The number of amides is 1. The van der Waals surface area contributed by atoms with Crippen molar-refractivity contribution in [2.24, 2.45) is 0 Å². The number of rotatable bonds is 5. The number of likely N-dealkylation sites (N-methyl/N-ethyl adjacent to an activating group) is 2. The highest BCUT2D eigenvalue weighted by atomic mass is 16.2. The normalized spacial score (nSPS) is 13.1. The maximum Gasteiger partial charge on any atom is 0.239 e. The van der Waals surface area contributed by atoms with Gasteiger partial charge in [0.1, 0.15) is 0 Å². The molecule has 15 heavy (non-hydrogen) atoms. The molecule has 0 heterocycles. The summed E-state index contributed by atoms with van der Waals surface area (Å²) >= 11 is 0. The van der Waals surface area contributed by atoms with Crippen LogP contribution in [-0.4, -0.2) is 49.6 Å². The molecule has 4 heteroatoms. The largest absolute Gasteiger partial charge is 0.353 e. The van der Waals surface area contributed by atoms with E-state index in [0.29, 0.717) is 6.54 Å². The third-order valence-corrected chi connectivity index (χ3v) is 3.08. The molecular weight excluding hydrogens is 190 g/mol. The van der Waals surface area contributed by atoms with Gasteiger partial charge in [0, 0.05) is 12.1 Å². The van der Waals surface area contributed by atoms with Gasteiger partial charge in [-0.25, -0.2) is 0 Å². The maximum absolute atomic E-state index is 11.8. The first kappa shape index (κ1) is 14.4. The molecule has 0 atom stereocenters. The Kier molecular flexibility index (Phi) is 4.74. The van der Waals surface area contributed by atoms with Crippen LogP contribution in [0.2, 0.25) is 0 Å². The van der Waals surface area contributed by atoms with Crippen molar-refractivity contribution in [2.75, 3.05) is 27.7 Å². The summed E-state index contributed by atoms with van der Waals surface area (Å²) in [4.78, 5) is 13.9. The lowest BCUT2D eigenvalue weighted by atomic mass is 10.0. The zero-order chi connectivity index (χ0) is 12.3. The molecule has 0 fully saturated rings. The summed E-state index contributed by atoms with van der Waals surface area (Å²) < 4.78 is 0. The molecule has 90 valence electrons. The maximum atomic E-state index is 11.8. The molecule has 0 radical (unpaired) electrons. The van der Waals surface area contributed by atoms with Crippen LogP contribution in [0.25, 0.3) is 0 Å². The Labute approximate surface area is 93.4 Å². The van der Waals surface area contributed by atoms with Crippen LogP contribution in [0.1, 0.15) is 27.7 Å². The fraction of sp³-hybridized carbons (Fsp3) is 0.909. The molecule has 0 aliphatic heterocycles. The summed E-state index contributed by atoms with van der Waals surface area (Å²) in [5.41, 5.74) is -0.540. The molecule has 0 aromatic rings. The van der Waals surface area contributed by atoms with E-state index in [1.807, 2.05) is 27.9 Å². The number of hydrogen-bond donors (Lipinski definition) is 2. The van der Waals surface area contributed by atoms with Gasteiger partial charge in [0.2, 0.25) is 5.91 Å². The van der Waals surface area contributed by atoms with E-state index < -0.39 is 5.54 Å². The Balaban J connectivity index is 4.24. The molecule has 2 N–H and O–H groups in total. The quantitative estimate of drug-likeness (QED) is 0.699. The standard InChI is InChI=1S/C11H25N3O/c1-10(2,14(6)7)8-13-9(15)11(3,4)12-5/h12H,8H2,1-7H3,(H,13,15). The predicted octanol–water partition coefficient (Wildman–Crippen LogP) is 0.441. The molecule has 0 unspecified atom stereocenters. The molecule has 0 spiro atoms. The molecule has 1 amide bonds. The first-order chi connectivity index (χ1) is 6.63. The van der Waals surface area contributed by atoms with Crippen LogP contribution in [-0.2, 0) is 4.79 Å². The van der Waals surface area contributed by atoms with Gasteiger partial charge < -0.3 is 15.5 Å². The molecule has 0 bridgehead atoms. The molecule has 0 saturated carbocycles. The lowest BCUT2D eigenvalue weighted by Crippen LogP contribution is -2.56. The third kappa shape index (κ3) is 4.18. The second-order valence-corrected chi connectivity index (χ2v) is 5.26. The second-order valence-electron chi connectivity index (χ2n) is 5.26. The highest BCUT2D eigenvalue weighted by molar-refractivity contribution is 5.85. The molecule has 0 saturated heterocycles. The van der Waals surface area contributed by atoms with Gasteiger partial charge in [0.15, 0.2) is 0 Å². The summed E-state index contributed by atoms with van der Waals surface area (Å²) in [6.07, 6.45) is 0. The number of carbonyl (C=O) groups excluding carboxylic acids is 1. The molecule has 0 aromatic carbocycles. The van der Waals surface area contributed by atoms with Crippen molar-refractivity contribution in [2.45, 2.75) is 38.8 Å². The smallest absolute Gasteiger partial charge is 0.239 e. The van der Waals surface area contributed by atoms with E-state index in [-0.39, 0.29) is 11.4 Å². The molecule has 0 aliphatic carbocycles. The van der Waals surface area contributed by atoms with E-state index in [4.69, 9.17) is 0 Å². The van der Waals surface area contributed by atoms with Gasteiger partial charge in [0.05, 0.1) is 5.54 Å². The van der Waals surface area contributed by atoms with Gasteiger partial charge in [0.25, 0.3) is 0 Å². The van der Waals surface area contributed by atoms with Crippen LogP contribution in [0.15, 0.2) is 0 Å². The van der Waals surface area contributed by atoms with E-state index in [1.165, 1.54) is 0 Å². The van der Waals surface area contributed by atoms with Crippen LogP contribution in [0.4, 0.5) is 0 Å². The van der Waals surface area contributed by atoms with Crippen molar-refractivity contribution in [3.8, 4) is 0 Å². The Bertz CT molecular complexity index is 222. The molecule has 0 rings (SSSR count). The van der Waals surface area contributed by atoms with Crippen LogP contribution in [0, 0.1) is 0 Å². The van der Waals surface area contributed by atoms with E-state index in [9.17, 15) is 4.79 Å². The zero-order valence-electron chi connectivity index (χ0n) is 11.1. The van der Waals surface area contributed by atoms with Crippen molar-refractivity contribution in [1.29, 1.82) is 0 Å². The van der Waals surface area contributed by atoms with Crippen molar-refractivity contribution in [3.05, 3.63) is 0 Å². The monoisotopic (exact) mass is 215 g/mol. The fourth-order valence-corrected chi connectivity index (χ4v) is 0.789. The summed E-state index contributed by atoms with van der Waals surface area (Å²) in [7, 11) is 5.81. The SMILES string of the molecule is CNC(C)(C)C(=O)NCC(C)(C)N(C)C. The molecule has 0 aliphatic rings. The van der Waals surface area contributed by atoms with Gasteiger partial charge in [-0.15, -0.1) is 0 Å². The van der Waals surface area contributed by atoms with E-state index in [1.54, 1.807) is 7.05 Å². The van der Waals surface area contributed by atoms with Gasteiger partial charge >= 0.3 is 0 Å². The van der Waals surface area contributed by atoms with Crippen molar-refractivity contribution in [3.63, 3.8) is 0 Å². The average Bonchev–Trinajstić information content (AvgIpc) is 2.13. The van der Waals surface area contributed by atoms with Gasteiger partial charge in [-0.1, -0.05) is 0 Å². The van der Waals surface area contributed by atoms with Gasteiger partial charge in [-0.2, -0.15) is 0 Å². The predicted molar refractivity (Wildman–Crippen MR) is 63.9 cm³/mol. The Hall–Kier alpha value is -0.610. The van der Waals surface area contributed by atoms with Crippen LogP contribution in [0.3, 0.4) is 0 Å². The third-order valence-electron chi connectivity index (χ3n) is 3.08. The van der Waals surface area contributed by atoms with Crippen molar-refractivity contribution >= 4 is 5.91 Å². The Morgan fingerprint density at radius 1 is 1.20 bits per heavy atom. The Morgan fingerprint density at radius 2 is 1.67 bits per heavy atom. The van der Waals surface area contributed by atoms with Crippen LogP contribution < -0.4 is 10.6 Å². The summed E-state index contributed by atoms with van der Waals surface area (Å²) in [5.74, 6) is 0.0277. The summed E-state index contributed by atoms with van der Waals surface area (Å²) in [6.45, 7) is 8.57. The topological polar surface area (TPSA) is 44.4 Å². The average molecular weight is 215 g/mol. The minimum atomic E-state index is -0.512. The number of hydrogen-bond acceptors (Lipinski definition) is 3. The highest BCUT2D eigenvalue weighted by Gasteiger charge is 2.28. The lowest BCUT2D eigenvalue weighted by Gasteiger charge is -2.34. The summed E-state index contributed by atoms with van der Waals surface area (Å²) in [5, 5.41) is 5.93. The number of carbonyl (C=O) groups is 1. The minimum Gasteiger partial charge on any atom is -0.353 e. The number of nitrogens with one attached hydrogen (secondary N) is 2. The number of nitrogens with zero attached hydrogens (tertiary/aromatic N) is 1. The zero-order valence-corrected chi connectivity index (χ0v) is 11.1. The molecule has 0 aromatic heterocycles. The van der Waals surface area contributed by atoms with Gasteiger partial charge in [-0.05, 0) is 48.8 Å². The fourth-order valence-electron chi connectivity index (χ4n) is 0.789. The minimum absolute atomic E-state index is 0.0277. The molecular formula is C11H25N3O. The van der Waals surface area contributed by atoms with Crippen molar-refractivity contribution < 1.29 is 4.79 Å². The highest BCUT2D eigenvalue weighted by Crippen LogP contribution is 2.09. The lowest BCUT2D eigenvalue weighted by molar-refractivity contribution is -0.126. The van der Waals surface area contributed by atoms with E-state index in [0.717, 1.165) is 0 Å². The Morgan fingerprint density at radius 3 is 2.00 bits per heavy atom. The van der Waals surface area contributed by atoms with Gasteiger partial charge in [-0.3, -0.25) is 4.79 Å². The first-order valence-electron chi connectivity index (χ1n) is 5.28. The van der Waals surface area contributed by atoms with Crippen LogP contribution in [0.5, 0.6) is 0 Å². The van der Waals surface area contributed by atoms with Crippen LogP contribution >= 0.6 is 0 Å². The van der Waals surface area contributed by atoms with E-state index >= 15 is 0 Å². The first-order valence-corrected chi connectivity index (χ1v) is 5.28. The van der Waals surface area contributed by atoms with Crippen molar-refractivity contribution in [1.82, 2.24) is 15.5 Å². The van der Waals surface area contributed by atoms with E-state index in [2.05, 4.69) is 29.4 Å².